The van der Waals surface area contributed by atoms with Crippen LogP contribution in [0.15, 0.2) is 36.4 Å². The van der Waals surface area contributed by atoms with Crippen molar-refractivity contribution in [2.75, 3.05) is 31.4 Å². The topological polar surface area (TPSA) is 120 Å². The van der Waals surface area contributed by atoms with E-state index in [0.29, 0.717) is 11.4 Å². The largest absolute Gasteiger partial charge is 0.495 e. The summed E-state index contributed by atoms with van der Waals surface area (Å²) in [4.78, 5) is 34.6. The minimum atomic E-state index is -0.841. The smallest absolute Gasteiger partial charge is 0.338 e. The number of rotatable bonds is 7. The summed E-state index contributed by atoms with van der Waals surface area (Å²) in [6.45, 7) is 1.31. The van der Waals surface area contributed by atoms with Crippen molar-refractivity contribution in [2.24, 2.45) is 0 Å². The summed E-state index contributed by atoms with van der Waals surface area (Å²) in [5.41, 5.74) is 1.34. The molecule has 9 nitrogen and oxygen atoms in total. The van der Waals surface area contributed by atoms with E-state index in [9.17, 15) is 19.7 Å². The molecule has 142 valence electrons. The van der Waals surface area contributed by atoms with Crippen LogP contribution in [0.3, 0.4) is 0 Å². The third-order valence-corrected chi connectivity index (χ3v) is 3.66. The summed E-state index contributed by atoms with van der Waals surface area (Å²) in [7, 11) is 3.01. The molecule has 0 heterocycles. The molecule has 0 aliphatic rings. The second-order valence-electron chi connectivity index (χ2n) is 5.57. The van der Waals surface area contributed by atoms with Crippen molar-refractivity contribution >= 4 is 28.9 Å². The SMILES string of the molecule is CNc1ccc(C(=O)OCC(=O)Nc2cc(C)ccc2OC)cc1[N+](=O)[O-]. The number of anilines is 2. The highest BCUT2D eigenvalue weighted by Crippen LogP contribution is 2.26. The number of hydrogen-bond acceptors (Lipinski definition) is 7. The monoisotopic (exact) mass is 373 g/mol. The molecule has 2 N–H and O–H groups in total. The van der Waals surface area contributed by atoms with E-state index in [0.717, 1.165) is 11.6 Å². The maximum atomic E-state index is 12.1. The van der Waals surface area contributed by atoms with Gasteiger partial charge in [0.05, 0.1) is 23.3 Å². The average molecular weight is 373 g/mol. The molecule has 0 unspecified atom stereocenters. The number of carbonyl (C=O) groups is 2. The van der Waals surface area contributed by atoms with Crippen molar-refractivity contribution in [3.63, 3.8) is 0 Å². The second-order valence-corrected chi connectivity index (χ2v) is 5.57. The minimum Gasteiger partial charge on any atom is -0.495 e. The van der Waals surface area contributed by atoms with Crippen molar-refractivity contribution < 1.29 is 24.0 Å². The number of aryl methyl sites for hydroxylation is 1. The number of nitrogens with zero attached hydrogens (tertiary/aromatic N) is 1. The van der Waals surface area contributed by atoms with E-state index in [1.165, 1.54) is 26.3 Å². The fraction of sp³-hybridized carbons (Fsp3) is 0.222. The first-order chi connectivity index (χ1) is 12.8. The van der Waals surface area contributed by atoms with Crippen LogP contribution in [0, 0.1) is 17.0 Å². The summed E-state index contributed by atoms with van der Waals surface area (Å²) in [6, 6.07) is 9.12. The standard InChI is InChI=1S/C18H19N3O6/c1-11-4-7-16(26-3)14(8-11)20-17(22)10-27-18(23)12-5-6-13(19-2)15(9-12)21(24)25/h4-9,19H,10H2,1-3H3,(H,20,22). The maximum absolute atomic E-state index is 12.1. The van der Waals surface area contributed by atoms with E-state index in [4.69, 9.17) is 9.47 Å². The van der Waals surface area contributed by atoms with E-state index >= 15 is 0 Å². The lowest BCUT2D eigenvalue weighted by molar-refractivity contribution is -0.384. The zero-order valence-electron chi connectivity index (χ0n) is 15.1. The first kappa shape index (κ1) is 19.7. The second kappa shape index (κ2) is 8.65. The highest BCUT2D eigenvalue weighted by atomic mass is 16.6. The number of carbonyl (C=O) groups excluding carboxylic acids is 2. The van der Waals surface area contributed by atoms with Crippen LogP contribution in [0.5, 0.6) is 5.75 Å². The van der Waals surface area contributed by atoms with Crippen LogP contribution in [-0.4, -0.2) is 37.6 Å². The maximum Gasteiger partial charge on any atom is 0.338 e. The van der Waals surface area contributed by atoms with Gasteiger partial charge >= 0.3 is 5.97 Å². The zero-order chi connectivity index (χ0) is 20.0. The van der Waals surface area contributed by atoms with Crippen LogP contribution in [0.25, 0.3) is 0 Å². The van der Waals surface area contributed by atoms with Crippen molar-refractivity contribution in [3.05, 3.63) is 57.6 Å². The van der Waals surface area contributed by atoms with Gasteiger partial charge in [-0.25, -0.2) is 4.79 Å². The Balaban J connectivity index is 2.03. The molecule has 0 aliphatic heterocycles. The van der Waals surface area contributed by atoms with E-state index in [1.54, 1.807) is 12.1 Å². The molecule has 0 bridgehead atoms. The first-order valence-electron chi connectivity index (χ1n) is 7.93. The van der Waals surface area contributed by atoms with Gasteiger partial charge in [-0.2, -0.15) is 0 Å². The molecule has 0 saturated heterocycles. The summed E-state index contributed by atoms with van der Waals surface area (Å²) in [5, 5.41) is 16.3. The Hall–Kier alpha value is -3.62. The minimum absolute atomic E-state index is 0.0263. The Bertz CT molecular complexity index is 881. The molecule has 0 atom stereocenters. The highest BCUT2D eigenvalue weighted by molar-refractivity contribution is 5.97. The van der Waals surface area contributed by atoms with E-state index < -0.39 is 23.4 Å². The molecule has 1 amide bonds. The Morgan fingerprint density at radius 2 is 1.89 bits per heavy atom. The highest BCUT2D eigenvalue weighted by Gasteiger charge is 2.18. The summed E-state index contributed by atoms with van der Waals surface area (Å²) in [6.07, 6.45) is 0. The van der Waals surface area contributed by atoms with Crippen LogP contribution < -0.4 is 15.4 Å². The van der Waals surface area contributed by atoms with Crippen molar-refractivity contribution in [2.45, 2.75) is 6.92 Å². The van der Waals surface area contributed by atoms with Crippen molar-refractivity contribution in [3.8, 4) is 5.75 Å². The van der Waals surface area contributed by atoms with E-state index in [-0.39, 0.29) is 16.9 Å². The summed E-state index contributed by atoms with van der Waals surface area (Å²) < 4.78 is 10.1. The molecule has 0 fully saturated rings. The molecule has 2 aromatic rings. The molecular formula is C18H19N3O6. The number of benzene rings is 2. The molecule has 0 radical (unpaired) electrons. The van der Waals surface area contributed by atoms with Crippen LogP contribution in [0.4, 0.5) is 17.1 Å². The summed E-state index contributed by atoms with van der Waals surface area (Å²) in [5.74, 6) is -0.931. The van der Waals surface area contributed by atoms with Gasteiger partial charge in [-0.15, -0.1) is 0 Å². The molecular weight excluding hydrogens is 354 g/mol. The number of esters is 1. The molecule has 9 heteroatoms. The van der Waals surface area contributed by atoms with Gasteiger partial charge in [0, 0.05) is 13.1 Å². The van der Waals surface area contributed by atoms with Crippen LogP contribution >= 0.6 is 0 Å². The molecule has 2 aromatic carbocycles. The number of nitro groups is 1. The number of nitro benzene ring substituents is 1. The van der Waals surface area contributed by atoms with Gasteiger partial charge in [0.15, 0.2) is 6.61 Å². The molecule has 0 aromatic heterocycles. The van der Waals surface area contributed by atoms with Crippen molar-refractivity contribution in [1.29, 1.82) is 0 Å². The Morgan fingerprint density at radius 3 is 2.52 bits per heavy atom. The predicted molar refractivity (Wildman–Crippen MR) is 99.3 cm³/mol. The normalized spacial score (nSPS) is 10.0. The van der Waals surface area contributed by atoms with Gasteiger partial charge in [-0.1, -0.05) is 6.07 Å². The molecule has 0 spiro atoms. The van der Waals surface area contributed by atoms with E-state index in [1.807, 2.05) is 13.0 Å². The molecule has 2 rings (SSSR count). The van der Waals surface area contributed by atoms with Gasteiger partial charge in [0.1, 0.15) is 11.4 Å². The third-order valence-electron chi connectivity index (χ3n) is 3.66. The number of hydrogen-bond donors (Lipinski definition) is 2. The lowest BCUT2D eigenvalue weighted by Crippen LogP contribution is -2.21. The van der Waals surface area contributed by atoms with Gasteiger partial charge in [-0.3, -0.25) is 14.9 Å². The first-order valence-corrected chi connectivity index (χ1v) is 7.93. The fourth-order valence-corrected chi connectivity index (χ4v) is 2.34. The predicted octanol–water partition coefficient (Wildman–Crippen LogP) is 2.75. The third kappa shape index (κ3) is 4.94. The van der Waals surface area contributed by atoms with Gasteiger partial charge in [0.2, 0.25) is 0 Å². The summed E-state index contributed by atoms with van der Waals surface area (Å²) >= 11 is 0. The lowest BCUT2D eigenvalue weighted by Gasteiger charge is -2.11. The zero-order valence-corrected chi connectivity index (χ0v) is 15.1. The quantitative estimate of drug-likeness (QED) is 0.435. The van der Waals surface area contributed by atoms with E-state index in [2.05, 4.69) is 10.6 Å². The Labute approximate surface area is 155 Å². The van der Waals surface area contributed by atoms with Gasteiger partial charge in [0.25, 0.3) is 11.6 Å². The van der Waals surface area contributed by atoms with Gasteiger partial charge in [-0.05, 0) is 36.8 Å². The van der Waals surface area contributed by atoms with Crippen LogP contribution in [0.1, 0.15) is 15.9 Å². The number of amides is 1. The van der Waals surface area contributed by atoms with Crippen LogP contribution in [0.2, 0.25) is 0 Å². The number of nitrogens with one attached hydrogen (secondary N) is 2. The number of ether oxygens (including phenoxy) is 2. The Kier molecular flexibility index (Phi) is 6.32. The fourth-order valence-electron chi connectivity index (χ4n) is 2.34. The van der Waals surface area contributed by atoms with Crippen molar-refractivity contribution in [1.82, 2.24) is 0 Å². The molecule has 27 heavy (non-hydrogen) atoms. The number of methoxy groups -OCH3 is 1. The average Bonchev–Trinajstić information content (AvgIpc) is 2.65. The van der Waals surface area contributed by atoms with Crippen LogP contribution in [-0.2, 0) is 9.53 Å². The molecule has 0 aliphatic carbocycles. The van der Waals surface area contributed by atoms with Gasteiger partial charge < -0.3 is 20.1 Å². The molecule has 0 saturated carbocycles. The Morgan fingerprint density at radius 1 is 1.15 bits per heavy atom. The lowest BCUT2D eigenvalue weighted by atomic mass is 10.1.